The summed E-state index contributed by atoms with van der Waals surface area (Å²) < 4.78 is 0. The Morgan fingerprint density at radius 2 is 1.25 bits per heavy atom. The highest BCUT2D eigenvalue weighted by molar-refractivity contribution is 6.13. The second-order valence-electron chi connectivity index (χ2n) is 7.19. The fourth-order valence-corrected chi connectivity index (χ4v) is 3.07. The van der Waals surface area contributed by atoms with Crippen LogP contribution < -0.4 is 16.4 Å². The Morgan fingerprint density at radius 3 is 1.72 bits per heavy atom. The molecule has 172 valence electrons. The molecule has 0 aromatic heterocycles. The quantitative estimate of drug-likeness (QED) is 0.213. The third-order valence-corrected chi connectivity index (χ3v) is 4.85. The van der Waals surface area contributed by atoms with Gasteiger partial charge < -0.3 is 16.4 Å². The fraction of sp³-hybridized carbons (Fsp3) is 0.450. The van der Waals surface area contributed by atoms with Crippen LogP contribution in [0.2, 0.25) is 0 Å². The third-order valence-electron chi connectivity index (χ3n) is 4.85. The van der Waals surface area contributed by atoms with Crippen molar-refractivity contribution in [3.63, 3.8) is 0 Å². The normalized spacial score (nSPS) is 16.1. The number of imide groups is 2. The van der Waals surface area contributed by atoms with Crippen LogP contribution in [0, 0.1) is 0 Å². The monoisotopic (exact) mass is 447 g/mol. The van der Waals surface area contributed by atoms with Gasteiger partial charge >= 0.3 is 0 Å². The first kappa shape index (κ1) is 24.4. The Balaban J connectivity index is 1.60. The highest BCUT2D eigenvalue weighted by atomic mass is 16.2. The maximum Gasteiger partial charge on any atom is 0.253 e. The standard InChI is InChI=1S/C20H25N5O7/c21-20(32)13(23-15(27)9-12-25-18(30)6-7-19(25)31)3-1-2-10-22-14(26)8-11-24-16(28)4-5-17(24)29/h4-7,13H,1-3,8-12H2,(H2,21,32)(H,22,26)(H,23,27). The molecule has 2 heterocycles. The molecule has 32 heavy (non-hydrogen) atoms. The Kier molecular flexibility index (Phi) is 8.81. The molecular weight excluding hydrogens is 422 g/mol. The molecule has 1 atom stereocenters. The van der Waals surface area contributed by atoms with Crippen molar-refractivity contribution in [1.82, 2.24) is 20.4 Å². The predicted molar refractivity (Wildman–Crippen MR) is 109 cm³/mol. The maximum atomic E-state index is 12.0. The van der Waals surface area contributed by atoms with E-state index in [1.807, 2.05) is 0 Å². The van der Waals surface area contributed by atoms with Gasteiger partial charge in [0.2, 0.25) is 17.7 Å². The van der Waals surface area contributed by atoms with Crippen molar-refractivity contribution in [2.75, 3.05) is 19.6 Å². The van der Waals surface area contributed by atoms with E-state index in [1.54, 1.807) is 0 Å². The lowest BCUT2D eigenvalue weighted by Crippen LogP contribution is -2.45. The number of nitrogens with one attached hydrogen (secondary N) is 2. The predicted octanol–water partition coefficient (Wildman–Crippen LogP) is -2.13. The zero-order valence-electron chi connectivity index (χ0n) is 17.4. The number of carbonyl (C=O) groups is 7. The number of unbranched alkanes of at least 4 members (excludes halogenated alkanes) is 1. The van der Waals surface area contributed by atoms with Crippen LogP contribution in [0.3, 0.4) is 0 Å². The summed E-state index contributed by atoms with van der Waals surface area (Å²) in [4.78, 5) is 83.1. The molecule has 12 nitrogen and oxygen atoms in total. The lowest BCUT2D eigenvalue weighted by molar-refractivity contribution is -0.139. The zero-order valence-corrected chi connectivity index (χ0v) is 17.4. The molecule has 7 amide bonds. The van der Waals surface area contributed by atoms with Gasteiger partial charge in [0.25, 0.3) is 23.6 Å². The molecule has 2 rings (SSSR count). The molecule has 4 N–H and O–H groups in total. The Labute approximate surface area is 183 Å². The Morgan fingerprint density at radius 1 is 0.781 bits per heavy atom. The smallest absolute Gasteiger partial charge is 0.253 e. The highest BCUT2D eigenvalue weighted by Gasteiger charge is 2.25. The number of primary amides is 1. The van der Waals surface area contributed by atoms with E-state index >= 15 is 0 Å². The van der Waals surface area contributed by atoms with Gasteiger partial charge in [-0.15, -0.1) is 0 Å². The summed E-state index contributed by atoms with van der Waals surface area (Å²) in [7, 11) is 0. The summed E-state index contributed by atoms with van der Waals surface area (Å²) in [5.74, 6) is -3.44. The van der Waals surface area contributed by atoms with Crippen LogP contribution in [0.15, 0.2) is 24.3 Å². The van der Waals surface area contributed by atoms with Crippen LogP contribution in [-0.2, 0) is 33.6 Å². The van der Waals surface area contributed by atoms with Crippen molar-refractivity contribution < 1.29 is 33.6 Å². The van der Waals surface area contributed by atoms with Crippen LogP contribution in [0.1, 0.15) is 32.1 Å². The van der Waals surface area contributed by atoms with E-state index in [2.05, 4.69) is 10.6 Å². The summed E-state index contributed by atoms with van der Waals surface area (Å²) in [5.41, 5.74) is 5.32. The summed E-state index contributed by atoms with van der Waals surface area (Å²) in [5, 5.41) is 5.14. The van der Waals surface area contributed by atoms with Gasteiger partial charge in [-0.3, -0.25) is 43.4 Å². The lowest BCUT2D eigenvalue weighted by atomic mass is 10.1. The molecule has 0 saturated heterocycles. The highest BCUT2D eigenvalue weighted by Crippen LogP contribution is 2.06. The van der Waals surface area contributed by atoms with Gasteiger partial charge in [0.15, 0.2) is 0 Å². The van der Waals surface area contributed by atoms with Crippen LogP contribution in [0.5, 0.6) is 0 Å². The van der Waals surface area contributed by atoms with Crippen LogP contribution >= 0.6 is 0 Å². The van der Waals surface area contributed by atoms with Gasteiger partial charge in [0.1, 0.15) is 6.04 Å². The Hall–Kier alpha value is -3.83. The van der Waals surface area contributed by atoms with Gasteiger partial charge in [0, 0.05) is 56.8 Å². The number of hydrogen-bond acceptors (Lipinski definition) is 7. The van der Waals surface area contributed by atoms with Crippen molar-refractivity contribution in [3.05, 3.63) is 24.3 Å². The Bertz CT molecular complexity index is 844. The molecule has 0 aliphatic carbocycles. The molecule has 0 spiro atoms. The van der Waals surface area contributed by atoms with E-state index in [4.69, 9.17) is 5.73 Å². The van der Waals surface area contributed by atoms with Crippen LogP contribution in [0.4, 0.5) is 0 Å². The van der Waals surface area contributed by atoms with E-state index in [0.717, 1.165) is 34.1 Å². The summed E-state index contributed by atoms with van der Waals surface area (Å²) in [6.45, 7) is 0.209. The molecule has 0 radical (unpaired) electrons. The lowest BCUT2D eigenvalue weighted by Gasteiger charge is -2.17. The summed E-state index contributed by atoms with van der Waals surface area (Å²) in [6.07, 6.45) is 5.61. The molecule has 2 aliphatic rings. The minimum atomic E-state index is -0.916. The first-order valence-corrected chi connectivity index (χ1v) is 10.1. The second kappa shape index (κ2) is 11.5. The molecule has 0 aromatic rings. The number of hydrogen-bond donors (Lipinski definition) is 3. The average Bonchev–Trinajstić information content (AvgIpc) is 3.23. The average molecular weight is 447 g/mol. The molecule has 12 heteroatoms. The molecule has 0 aromatic carbocycles. The largest absolute Gasteiger partial charge is 0.368 e. The molecule has 0 bridgehead atoms. The van der Waals surface area contributed by atoms with Gasteiger partial charge in [-0.1, -0.05) is 0 Å². The topological polar surface area (TPSA) is 176 Å². The van der Waals surface area contributed by atoms with Crippen LogP contribution in [-0.4, -0.2) is 76.8 Å². The van der Waals surface area contributed by atoms with E-state index < -0.39 is 41.5 Å². The minimum Gasteiger partial charge on any atom is -0.368 e. The third kappa shape index (κ3) is 7.15. The summed E-state index contributed by atoms with van der Waals surface area (Å²) in [6, 6.07) is -0.916. The molecule has 0 saturated carbocycles. The van der Waals surface area contributed by atoms with E-state index in [9.17, 15) is 33.6 Å². The molecule has 2 aliphatic heterocycles. The van der Waals surface area contributed by atoms with E-state index in [0.29, 0.717) is 19.4 Å². The van der Waals surface area contributed by atoms with Crippen LogP contribution in [0.25, 0.3) is 0 Å². The van der Waals surface area contributed by atoms with Gasteiger partial charge in [-0.05, 0) is 19.3 Å². The van der Waals surface area contributed by atoms with E-state index in [-0.39, 0.29) is 38.3 Å². The zero-order chi connectivity index (χ0) is 23.7. The van der Waals surface area contributed by atoms with Crippen molar-refractivity contribution in [2.45, 2.75) is 38.1 Å². The van der Waals surface area contributed by atoms with Crippen molar-refractivity contribution in [2.24, 2.45) is 5.73 Å². The molecular formula is C20H25N5O7. The minimum absolute atomic E-state index is 0.00301. The second-order valence-corrected chi connectivity index (χ2v) is 7.19. The SMILES string of the molecule is NC(=O)C(CCCCNC(=O)CCN1C(=O)C=CC1=O)NC(=O)CCN1C(=O)C=CC1=O. The number of rotatable bonds is 13. The number of nitrogens with two attached hydrogens (primary N) is 1. The fourth-order valence-electron chi connectivity index (χ4n) is 3.07. The van der Waals surface area contributed by atoms with Crippen molar-refractivity contribution in [1.29, 1.82) is 0 Å². The first-order valence-electron chi connectivity index (χ1n) is 10.1. The van der Waals surface area contributed by atoms with Gasteiger partial charge in [-0.25, -0.2) is 0 Å². The van der Waals surface area contributed by atoms with E-state index in [1.165, 1.54) is 0 Å². The number of amides is 7. The first-order chi connectivity index (χ1) is 15.2. The van der Waals surface area contributed by atoms with Crippen molar-refractivity contribution >= 4 is 41.4 Å². The maximum absolute atomic E-state index is 12.0. The number of nitrogens with zero attached hydrogens (tertiary/aromatic N) is 2. The molecule has 1 unspecified atom stereocenters. The van der Waals surface area contributed by atoms with Gasteiger partial charge in [0.05, 0.1) is 0 Å². The molecule has 0 fully saturated rings. The number of carbonyl (C=O) groups excluding carboxylic acids is 7. The van der Waals surface area contributed by atoms with Gasteiger partial charge in [-0.2, -0.15) is 0 Å². The van der Waals surface area contributed by atoms with Crippen molar-refractivity contribution in [3.8, 4) is 0 Å². The summed E-state index contributed by atoms with van der Waals surface area (Å²) >= 11 is 0.